The highest BCUT2D eigenvalue weighted by Crippen LogP contribution is 2.44. The molecule has 1 N–H and O–H groups in total. The van der Waals surface area contributed by atoms with E-state index < -0.39 is 0 Å². The Kier molecular flexibility index (Phi) is 4.74. The fourth-order valence-corrected chi connectivity index (χ4v) is 5.27. The standard InChI is InChI=1S/C23H14N4O3S2/c1-2-4-14(5-3-1)19-23(31-13-25-19)32-22-16(7-10-28-22)20-15(6-9-24-20)21-26-18(12-29-21)17-8-11-30-27-17/h1-13,24H. The number of nitrogens with zero attached hydrogens (tertiary/aromatic N) is 3. The smallest absolute Gasteiger partial charge is 0.228 e. The van der Waals surface area contributed by atoms with Gasteiger partial charge in [-0.15, -0.1) is 11.3 Å². The van der Waals surface area contributed by atoms with Crippen molar-refractivity contribution in [3.63, 3.8) is 0 Å². The quantitative estimate of drug-likeness (QED) is 0.291. The van der Waals surface area contributed by atoms with Gasteiger partial charge in [-0.3, -0.25) is 0 Å². The SMILES string of the molecule is c1ccc(-c2ncsc2Sc2occc2-c2[nH]ccc2-c2nc(-c3ccon3)co2)cc1. The Hall–Kier alpha value is -3.82. The van der Waals surface area contributed by atoms with Crippen molar-refractivity contribution in [1.82, 2.24) is 20.1 Å². The number of benzene rings is 1. The highest BCUT2D eigenvalue weighted by molar-refractivity contribution is 8.01. The van der Waals surface area contributed by atoms with Crippen molar-refractivity contribution in [2.75, 3.05) is 0 Å². The van der Waals surface area contributed by atoms with Gasteiger partial charge in [0.15, 0.2) is 5.09 Å². The summed E-state index contributed by atoms with van der Waals surface area (Å²) in [6.07, 6.45) is 6.61. The van der Waals surface area contributed by atoms with Crippen LogP contribution in [0.1, 0.15) is 0 Å². The topological polar surface area (TPSA) is 93.9 Å². The molecule has 1 aromatic carbocycles. The number of hydrogen-bond acceptors (Lipinski definition) is 8. The minimum absolute atomic E-state index is 0.485. The van der Waals surface area contributed by atoms with Gasteiger partial charge in [-0.2, -0.15) is 0 Å². The van der Waals surface area contributed by atoms with Crippen molar-refractivity contribution < 1.29 is 13.4 Å². The van der Waals surface area contributed by atoms with Crippen molar-refractivity contribution in [2.45, 2.75) is 9.30 Å². The molecular weight excluding hydrogens is 444 g/mol. The largest absolute Gasteiger partial charge is 0.457 e. The van der Waals surface area contributed by atoms with E-state index in [2.05, 4.69) is 32.2 Å². The molecule has 0 fully saturated rings. The Morgan fingerprint density at radius 1 is 0.906 bits per heavy atom. The molecule has 0 aliphatic heterocycles. The van der Waals surface area contributed by atoms with Crippen LogP contribution in [0.25, 0.3) is 45.4 Å². The van der Waals surface area contributed by atoms with Crippen LogP contribution in [-0.4, -0.2) is 20.1 Å². The Morgan fingerprint density at radius 2 is 1.84 bits per heavy atom. The van der Waals surface area contributed by atoms with E-state index in [1.807, 2.05) is 42.0 Å². The molecule has 6 aromatic rings. The van der Waals surface area contributed by atoms with Gasteiger partial charge in [0, 0.05) is 17.8 Å². The lowest BCUT2D eigenvalue weighted by molar-refractivity contribution is 0.422. The summed E-state index contributed by atoms with van der Waals surface area (Å²) in [4.78, 5) is 12.4. The maximum absolute atomic E-state index is 5.86. The van der Waals surface area contributed by atoms with E-state index in [4.69, 9.17) is 13.4 Å². The molecule has 0 amide bonds. The molecule has 5 heterocycles. The predicted molar refractivity (Wildman–Crippen MR) is 121 cm³/mol. The third-order valence-corrected chi connectivity index (χ3v) is 6.89. The van der Waals surface area contributed by atoms with Crippen LogP contribution < -0.4 is 0 Å². The molecule has 0 bridgehead atoms. The van der Waals surface area contributed by atoms with E-state index in [0.29, 0.717) is 17.3 Å². The first kappa shape index (κ1) is 18.9. The van der Waals surface area contributed by atoms with Crippen molar-refractivity contribution in [1.29, 1.82) is 0 Å². The van der Waals surface area contributed by atoms with Crippen LogP contribution in [0.4, 0.5) is 0 Å². The summed E-state index contributed by atoms with van der Waals surface area (Å²) in [5.74, 6) is 0.485. The molecule has 0 aliphatic rings. The van der Waals surface area contributed by atoms with Gasteiger partial charge in [0.25, 0.3) is 0 Å². The van der Waals surface area contributed by atoms with Crippen LogP contribution in [0.2, 0.25) is 0 Å². The lowest BCUT2D eigenvalue weighted by Crippen LogP contribution is -1.84. The summed E-state index contributed by atoms with van der Waals surface area (Å²) >= 11 is 3.14. The average molecular weight is 459 g/mol. The van der Waals surface area contributed by atoms with Gasteiger partial charge in [-0.25, -0.2) is 9.97 Å². The molecule has 32 heavy (non-hydrogen) atoms. The first-order valence-electron chi connectivity index (χ1n) is 9.65. The molecule has 0 unspecified atom stereocenters. The molecule has 7 nitrogen and oxygen atoms in total. The Balaban J connectivity index is 1.34. The maximum atomic E-state index is 5.86. The number of H-pyrrole nitrogens is 1. The third kappa shape index (κ3) is 3.37. The van der Waals surface area contributed by atoms with Crippen LogP contribution in [0.3, 0.4) is 0 Å². The molecule has 156 valence electrons. The van der Waals surface area contributed by atoms with Gasteiger partial charge in [-0.1, -0.05) is 35.5 Å². The van der Waals surface area contributed by atoms with E-state index in [-0.39, 0.29) is 0 Å². The molecule has 0 atom stereocenters. The summed E-state index contributed by atoms with van der Waals surface area (Å²) in [7, 11) is 0. The van der Waals surface area contributed by atoms with Crippen molar-refractivity contribution >= 4 is 23.1 Å². The lowest BCUT2D eigenvalue weighted by Gasteiger charge is -2.04. The van der Waals surface area contributed by atoms with Gasteiger partial charge in [-0.05, 0) is 23.9 Å². The molecule has 0 saturated carbocycles. The molecule has 9 heteroatoms. The van der Waals surface area contributed by atoms with Gasteiger partial charge >= 0.3 is 0 Å². The number of oxazole rings is 1. The normalized spacial score (nSPS) is 11.2. The van der Waals surface area contributed by atoms with Gasteiger partial charge < -0.3 is 18.3 Å². The molecule has 0 spiro atoms. The summed E-state index contributed by atoms with van der Waals surface area (Å²) in [5.41, 5.74) is 7.71. The number of hydrogen-bond donors (Lipinski definition) is 1. The third-order valence-electron chi connectivity index (χ3n) is 4.85. The number of thiazole rings is 1. The Bertz CT molecular complexity index is 1460. The molecule has 6 rings (SSSR count). The van der Waals surface area contributed by atoms with E-state index in [0.717, 1.165) is 37.4 Å². The van der Waals surface area contributed by atoms with Crippen LogP contribution in [0.5, 0.6) is 0 Å². The molecule has 5 aromatic heterocycles. The fraction of sp³-hybridized carbons (Fsp3) is 0. The first-order valence-corrected chi connectivity index (χ1v) is 11.3. The van der Waals surface area contributed by atoms with E-state index >= 15 is 0 Å². The second kappa shape index (κ2) is 8.03. The van der Waals surface area contributed by atoms with Crippen LogP contribution in [-0.2, 0) is 0 Å². The van der Waals surface area contributed by atoms with Gasteiger partial charge in [0.1, 0.15) is 23.9 Å². The number of rotatable bonds is 6. The van der Waals surface area contributed by atoms with Crippen LogP contribution >= 0.6 is 23.1 Å². The second-order valence-electron chi connectivity index (χ2n) is 6.77. The minimum Gasteiger partial charge on any atom is -0.457 e. The van der Waals surface area contributed by atoms with Gasteiger partial charge in [0.05, 0.1) is 38.5 Å². The molecule has 0 radical (unpaired) electrons. The predicted octanol–water partition coefficient (Wildman–Crippen LogP) is 6.86. The summed E-state index contributed by atoms with van der Waals surface area (Å²) < 4.78 is 17.6. The number of nitrogens with one attached hydrogen (secondary N) is 1. The van der Waals surface area contributed by atoms with Gasteiger partial charge in [0.2, 0.25) is 5.89 Å². The van der Waals surface area contributed by atoms with Crippen LogP contribution in [0.15, 0.2) is 102 Å². The summed E-state index contributed by atoms with van der Waals surface area (Å²) in [5, 5.41) is 4.68. The average Bonchev–Trinajstić information content (AvgIpc) is 3.64. The van der Waals surface area contributed by atoms with E-state index in [1.54, 1.807) is 41.7 Å². The summed E-state index contributed by atoms with van der Waals surface area (Å²) in [6, 6.07) is 15.7. The molecular formula is C23H14N4O3S2. The fourth-order valence-electron chi connectivity index (χ4n) is 3.37. The molecule has 0 saturated heterocycles. The van der Waals surface area contributed by atoms with E-state index in [1.165, 1.54) is 6.26 Å². The van der Waals surface area contributed by atoms with Crippen molar-refractivity contribution in [3.8, 4) is 45.4 Å². The maximum Gasteiger partial charge on any atom is 0.228 e. The van der Waals surface area contributed by atoms with E-state index in [9.17, 15) is 0 Å². The minimum atomic E-state index is 0.485. The zero-order chi connectivity index (χ0) is 21.3. The zero-order valence-corrected chi connectivity index (χ0v) is 18.0. The highest BCUT2D eigenvalue weighted by atomic mass is 32.2. The zero-order valence-electron chi connectivity index (χ0n) is 16.4. The highest BCUT2D eigenvalue weighted by Gasteiger charge is 2.21. The first-order chi connectivity index (χ1) is 15.9. The second-order valence-corrected chi connectivity index (χ2v) is 8.86. The number of aromatic amines is 1. The number of furan rings is 1. The van der Waals surface area contributed by atoms with Crippen molar-refractivity contribution in [3.05, 3.63) is 79.0 Å². The van der Waals surface area contributed by atoms with Crippen LogP contribution in [0, 0.1) is 0 Å². The monoisotopic (exact) mass is 458 g/mol. The Morgan fingerprint density at radius 3 is 2.72 bits per heavy atom. The number of aromatic nitrogens is 4. The van der Waals surface area contributed by atoms with Crippen molar-refractivity contribution in [2.24, 2.45) is 0 Å². The lowest BCUT2D eigenvalue weighted by atomic mass is 10.1. The molecule has 0 aliphatic carbocycles. The Labute approximate surface area is 190 Å². The summed E-state index contributed by atoms with van der Waals surface area (Å²) in [6.45, 7) is 0.